The summed E-state index contributed by atoms with van der Waals surface area (Å²) >= 11 is 0. The van der Waals surface area contributed by atoms with Crippen molar-refractivity contribution < 1.29 is 9.53 Å². The number of hydrogen-bond donors (Lipinski definition) is 2. The third-order valence-corrected chi connectivity index (χ3v) is 3.71. The Morgan fingerprint density at radius 1 is 1.60 bits per heavy atom. The van der Waals surface area contributed by atoms with E-state index in [4.69, 9.17) is 10.5 Å². The maximum Gasteiger partial charge on any atom is 0.241 e. The van der Waals surface area contributed by atoms with Gasteiger partial charge in [-0.05, 0) is 45.0 Å². The molecule has 5 heteroatoms. The Bertz CT molecular complexity index is 458. The number of hydrogen-bond acceptors (Lipinski definition) is 4. The number of carbonyl (C=O) groups is 1. The SMILES string of the molecule is CC(C(=O)Nc1cccc(N)c1)N(C)CC1CCCO1. The minimum atomic E-state index is -0.208. The molecule has 1 aromatic rings. The first kappa shape index (κ1) is 14.8. The van der Waals surface area contributed by atoms with Gasteiger partial charge in [0.05, 0.1) is 12.1 Å². The van der Waals surface area contributed by atoms with Crippen molar-refractivity contribution >= 4 is 17.3 Å². The van der Waals surface area contributed by atoms with Crippen LogP contribution in [0.1, 0.15) is 19.8 Å². The van der Waals surface area contributed by atoms with E-state index in [2.05, 4.69) is 5.32 Å². The molecule has 1 fully saturated rings. The minimum absolute atomic E-state index is 0.0314. The first-order valence-corrected chi connectivity index (χ1v) is 7.04. The molecule has 1 aliphatic rings. The monoisotopic (exact) mass is 277 g/mol. The summed E-state index contributed by atoms with van der Waals surface area (Å²) < 4.78 is 5.60. The maximum absolute atomic E-state index is 12.2. The van der Waals surface area contributed by atoms with E-state index in [0.717, 1.165) is 31.7 Å². The van der Waals surface area contributed by atoms with E-state index in [1.807, 2.05) is 31.0 Å². The first-order chi connectivity index (χ1) is 9.56. The summed E-state index contributed by atoms with van der Waals surface area (Å²) in [7, 11) is 1.95. The number of anilines is 2. The highest BCUT2D eigenvalue weighted by Gasteiger charge is 2.23. The van der Waals surface area contributed by atoms with Crippen LogP contribution in [0, 0.1) is 0 Å². The van der Waals surface area contributed by atoms with Gasteiger partial charge in [0.1, 0.15) is 0 Å². The summed E-state index contributed by atoms with van der Waals surface area (Å²) in [6, 6.07) is 7.00. The molecule has 110 valence electrons. The number of benzene rings is 1. The molecular formula is C15H23N3O2. The Morgan fingerprint density at radius 2 is 2.40 bits per heavy atom. The second-order valence-corrected chi connectivity index (χ2v) is 5.37. The Labute approximate surface area is 120 Å². The number of nitrogen functional groups attached to an aromatic ring is 1. The first-order valence-electron chi connectivity index (χ1n) is 7.04. The van der Waals surface area contributed by atoms with Gasteiger partial charge < -0.3 is 15.8 Å². The van der Waals surface area contributed by atoms with Gasteiger partial charge in [0, 0.05) is 24.5 Å². The van der Waals surface area contributed by atoms with Gasteiger partial charge in [0.15, 0.2) is 0 Å². The number of carbonyl (C=O) groups excluding carboxylic acids is 1. The topological polar surface area (TPSA) is 67.6 Å². The molecule has 0 spiro atoms. The molecule has 1 aromatic carbocycles. The molecule has 0 aliphatic carbocycles. The number of nitrogens with zero attached hydrogens (tertiary/aromatic N) is 1. The summed E-state index contributed by atoms with van der Waals surface area (Å²) in [5.41, 5.74) is 7.07. The van der Waals surface area contributed by atoms with E-state index in [9.17, 15) is 4.79 Å². The lowest BCUT2D eigenvalue weighted by atomic mass is 10.2. The van der Waals surface area contributed by atoms with Crippen LogP contribution in [0.4, 0.5) is 11.4 Å². The Balaban J connectivity index is 1.87. The number of amides is 1. The van der Waals surface area contributed by atoms with Crippen molar-refractivity contribution in [2.24, 2.45) is 0 Å². The van der Waals surface area contributed by atoms with Crippen molar-refractivity contribution in [3.05, 3.63) is 24.3 Å². The zero-order valence-electron chi connectivity index (χ0n) is 12.1. The maximum atomic E-state index is 12.2. The highest BCUT2D eigenvalue weighted by molar-refractivity contribution is 5.94. The molecule has 1 saturated heterocycles. The molecule has 3 N–H and O–H groups in total. The van der Waals surface area contributed by atoms with Gasteiger partial charge >= 0.3 is 0 Å². The van der Waals surface area contributed by atoms with Crippen LogP contribution in [0.2, 0.25) is 0 Å². The third-order valence-electron chi connectivity index (χ3n) is 3.71. The quantitative estimate of drug-likeness (QED) is 0.804. The Morgan fingerprint density at radius 3 is 3.05 bits per heavy atom. The number of rotatable bonds is 5. The fourth-order valence-corrected chi connectivity index (χ4v) is 2.33. The molecule has 2 rings (SSSR count). The molecule has 1 heterocycles. The number of ether oxygens (including phenoxy) is 1. The van der Waals surface area contributed by atoms with E-state index in [0.29, 0.717) is 5.69 Å². The Hall–Kier alpha value is -1.59. The van der Waals surface area contributed by atoms with Crippen LogP contribution < -0.4 is 11.1 Å². The van der Waals surface area contributed by atoms with Gasteiger partial charge in [0.2, 0.25) is 5.91 Å². The summed E-state index contributed by atoms with van der Waals surface area (Å²) in [6.45, 7) is 3.52. The Kier molecular flexibility index (Phi) is 4.98. The van der Waals surface area contributed by atoms with Gasteiger partial charge in [-0.25, -0.2) is 0 Å². The summed E-state index contributed by atoms with van der Waals surface area (Å²) in [5, 5.41) is 2.89. The number of nitrogens with two attached hydrogens (primary N) is 1. The van der Waals surface area contributed by atoms with Crippen molar-refractivity contribution in [1.29, 1.82) is 0 Å². The van der Waals surface area contributed by atoms with E-state index in [1.54, 1.807) is 12.1 Å². The molecular weight excluding hydrogens is 254 g/mol. The van der Waals surface area contributed by atoms with Gasteiger partial charge in [0.25, 0.3) is 0 Å². The number of nitrogens with one attached hydrogen (secondary N) is 1. The predicted octanol–water partition coefficient (Wildman–Crippen LogP) is 1.71. The zero-order chi connectivity index (χ0) is 14.5. The van der Waals surface area contributed by atoms with Crippen molar-refractivity contribution in [2.45, 2.75) is 31.9 Å². The van der Waals surface area contributed by atoms with Crippen LogP contribution >= 0.6 is 0 Å². The normalized spacial score (nSPS) is 20.1. The highest BCUT2D eigenvalue weighted by Crippen LogP contribution is 2.15. The van der Waals surface area contributed by atoms with Crippen LogP contribution in [0.25, 0.3) is 0 Å². The highest BCUT2D eigenvalue weighted by atomic mass is 16.5. The van der Waals surface area contributed by atoms with Crippen molar-refractivity contribution in [3.8, 4) is 0 Å². The summed E-state index contributed by atoms with van der Waals surface area (Å²) in [5.74, 6) is -0.0314. The fourth-order valence-electron chi connectivity index (χ4n) is 2.33. The largest absolute Gasteiger partial charge is 0.399 e. The van der Waals surface area contributed by atoms with Crippen molar-refractivity contribution in [2.75, 3.05) is 31.2 Å². The van der Waals surface area contributed by atoms with Crippen LogP contribution in [0.3, 0.4) is 0 Å². The minimum Gasteiger partial charge on any atom is -0.399 e. The molecule has 0 saturated carbocycles. The summed E-state index contributed by atoms with van der Waals surface area (Å²) in [4.78, 5) is 14.2. The fraction of sp³-hybridized carbons (Fsp3) is 0.533. The molecule has 5 nitrogen and oxygen atoms in total. The molecule has 0 aromatic heterocycles. The van der Waals surface area contributed by atoms with Crippen molar-refractivity contribution in [3.63, 3.8) is 0 Å². The smallest absolute Gasteiger partial charge is 0.241 e. The summed E-state index contributed by atoms with van der Waals surface area (Å²) in [6.07, 6.45) is 2.44. The van der Waals surface area contributed by atoms with Crippen LogP contribution in [0.5, 0.6) is 0 Å². The van der Waals surface area contributed by atoms with Gasteiger partial charge in [-0.15, -0.1) is 0 Å². The number of likely N-dealkylation sites (N-methyl/N-ethyl adjacent to an activating group) is 1. The van der Waals surface area contributed by atoms with E-state index < -0.39 is 0 Å². The van der Waals surface area contributed by atoms with Crippen LogP contribution in [-0.2, 0) is 9.53 Å². The standard InChI is InChI=1S/C15H23N3O2/c1-11(18(2)10-14-7-4-8-20-14)15(19)17-13-6-3-5-12(16)9-13/h3,5-6,9,11,14H,4,7-8,10,16H2,1-2H3,(H,17,19). The molecule has 1 aliphatic heterocycles. The molecule has 0 bridgehead atoms. The average Bonchev–Trinajstić information content (AvgIpc) is 2.90. The van der Waals surface area contributed by atoms with E-state index in [1.165, 1.54) is 0 Å². The molecule has 2 atom stereocenters. The van der Waals surface area contributed by atoms with Gasteiger partial charge in [-0.1, -0.05) is 6.07 Å². The average molecular weight is 277 g/mol. The lowest BCUT2D eigenvalue weighted by Gasteiger charge is -2.26. The van der Waals surface area contributed by atoms with Crippen molar-refractivity contribution in [1.82, 2.24) is 4.90 Å². The lowest BCUT2D eigenvalue weighted by molar-refractivity contribution is -0.120. The molecule has 1 amide bonds. The molecule has 0 radical (unpaired) electrons. The second kappa shape index (κ2) is 6.72. The van der Waals surface area contributed by atoms with Crippen LogP contribution in [-0.4, -0.2) is 43.2 Å². The molecule has 20 heavy (non-hydrogen) atoms. The molecule has 2 unspecified atom stereocenters. The second-order valence-electron chi connectivity index (χ2n) is 5.37. The lowest BCUT2D eigenvalue weighted by Crippen LogP contribution is -2.43. The van der Waals surface area contributed by atoms with E-state index in [-0.39, 0.29) is 18.1 Å². The predicted molar refractivity (Wildman–Crippen MR) is 80.6 cm³/mol. The third kappa shape index (κ3) is 3.95. The van der Waals surface area contributed by atoms with Gasteiger partial charge in [-0.2, -0.15) is 0 Å². The van der Waals surface area contributed by atoms with Crippen LogP contribution in [0.15, 0.2) is 24.3 Å². The van der Waals surface area contributed by atoms with E-state index >= 15 is 0 Å². The zero-order valence-corrected chi connectivity index (χ0v) is 12.1. The van der Waals surface area contributed by atoms with Gasteiger partial charge in [-0.3, -0.25) is 9.69 Å².